The Labute approximate surface area is 113 Å². The second-order valence-electron chi connectivity index (χ2n) is 4.51. The summed E-state index contributed by atoms with van der Waals surface area (Å²) in [7, 11) is -3.33. The first-order valence-corrected chi connectivity index (χ1v) is 8.04. The molecule has 1 heterocycles. The van der Waals surface area contributed by atoms with Crippen molar-refractivity contribution in [3.63, 3.8) is 0 Å². The van der Waals surface area contributed by atoms with Crippen LogP contribution in [0.5, 0.6) is 0 Å². The molecular weight excluding hydrogens is 272 g/mol. The van der Waals surface area contributed by atoms with Crippen LogP contribution in [0.4, 0.5) is 0 Å². The Morgan fingerprint density at radius 2 is 2.17 bits per heavy atom. The Morgan fingerprint density at radius 1 is 1.39 bits per heavy atom. The molecule has 0 aromatic heterocycles. The van der Waals surface area contributed by atoms with Gasteiger partial charge in [0.05, 0.1) is 5.75 Å². The summed E-state index contributed by atoms with van der Waals surface area (Å²) in [6, 6.07) is 7.01. The lowest BCUT2D eigenvalue weighted by Crippen LogP contribution is -2.45. The monoisotopic (exact) mass is 288 g/mol. The second kappa shape index (κ2) is 6.02. The normalized spacial score (nSPS) is 20.8. The van der Waals surface area contributed by atoms with E-state index in [9.17, 15) is 8.42 Å². The van der Waals surface area contributed by atoms with E-state index >= 15 is 0 Å². The average Bonchev–Trinajstić information content (AvgIpc) is 2.32. The molecule has 100 valence electrons. The highest BCUT2D eigenvalue weighted by Crippen LogP contribution is 2.17. The highest BCUT2D eigenvalue weighted by atomic mass is 35.5. The van der Waals surface area contributed by atoms with Gasteiger partial charge in [0, 0.05) is 17.6 Å². The zero-order chi connectivity index (χ0) is 13.0. The molecule has 1 fully saturated rings. The summed E-state index contributed by atoms with van der Waals surface area (Å²) in [5.41, 5.74) is 0.635. The number of sulfonamides is 1. The van der Waals surface area contributed by atoms with E-state index in [1.165, 1.54) is 0 Å². The SMILES string of the molecule is O=S(=O)(Cc1ccccc1Cl)N[C@H]1CCCNC1. The van der Waals surface area contributed by atoms with E-state index < -0.39 is 10.0 Å². The van der Waals surface area contributed by atoms with Gasteiger partial charge in [0.2, 0.25) is 10.0 Å². The Bertz CT molecular complexity index is 499. The molecule has 18 heavy (non-hydrogen) atoms. The van der Waals surface area contributed by atoms with Gasteiger partial charge in [0.1, 0.15) is 0 Å². The van der Waals surface area contributed by atoms with Gasteiger partial charge >= 0.3 is 0 Å². The maximum atomic E-state index is 12.0. The van der Waals surface area contributed by atoms with Gasteiger partial charge < -0.3 is 5.32 Å². The van der Waals surface area contributed by atoms with Crippen molar-refractivity contribution in [1.29, 1.82) is 0 Å². The van der Waals surface area contributed by atoms with Crippen molar-refractivity contribution in [3.05, 3.63) is 34.9 Å². The van der Waals surface area contributed by atoms with Gasteiger partial charge in [0.25, 0.3) is 0 Å². The van der Waals surface area contributed by atoms with Crippen LogP contribution in [-0.4, -0.2) is 27.5 Å². The minimum Gasteiger partial charge on any atom is -0.315 e. The molecule has 1 aliphatic rings. The Balaban J connectivity index is 2.01. The molecule has 0 aliphatic carbocycles. The molecular formula is C12H17ClN2O2S. The van der Waals surface area contributed by atoms with Gasteiger partial charge in [-0.05, 0) is 31.0 Å². The highest BCUT2D eigenvalue weighted by molar-refractivity contribution is 7.88. The number of rotatable bonds is 4. The van der Waals surface area contributed by atoms with Crippen LogP contribution in [0.1, 0.15) is 18.4 Å². The van der Waals surface area contributed by atoms with Gasteiger partial charge in [-0.15, -0.1) is 0 Å². The van der Waals surface area contributed by atoms with Gasteiger partial charge in [-0.3, -0.25) is 0 Å². The predicted octanol–water partition coefficient (Wildman–Crippen LogP) is 1.51. The largest absolute Gasteiger partial charge is 0.315 e. The van der Waals surface area contributed by atoms with Crippen LogP contribution in [0.25, 0.3) is 0 Å². The van der Waals surface area contributed by atoms with Crippen molar-refractivity contribution in [2.45, 2.75) is 24.6 Å². The predicted molar refractivity (Wildman–Crippen MR) is 73.1 cm³/mol. The highest BCUT2D eigenvalue weighted by Gasteiger charge is 2.20. The quantitative estimate of drug-likeness (QED) is 0.883. The third kappa shape index (κ3) is 3.95. The lowest BCUT2D eigenvalue weighted by atomic mass is 10.1. The zero-order valence-corrected chi connectivity index (χ0v) is 11.6. The van der Waals surface area contributed by atoms with E-state index in [0.717, 1.165) is 19.4 Å². The first-order chi connectivity index (χ1) is 8.57. The molecule has 2 N–H and O–H groups in total. The number of nitrogens with one attached hydrogen (secondary N) is 2. The van der Waals surface area contributed by atoms with Crippen LogP contribution in [0.15, 0.2) is 24.3 Å². The summed E-state index contributed by atoms with van der Waals surface area (Å²) >= 11 is 5.97. The van der Waals surface area contributed by atoms with Gasteiger partial charge in [-0.2, -0.15) is 0 Å². The molecule has 1 aliphatic heterocycles. The number of hydrogen-bond acceptors (Lipinski definition) is 3. The molecule has 6 heteroatoms. The number of piperidine rings is 1. The lowest BCUT2D eigenvalue weighted by molar-refractivity contribution is 0.428. The molecule has 0 bridgehead atoms. The molecule has 2 rings (SSSR count). The third-order valence-corrected chi connectivity index (χ3v) is 4.70. The Hall–Kier alpha value is -0.620. The van der Waals surface area contributed by atoms with Crippen molar-refractivity contribution in [2.24, 2.45) is 0 Å². The van der Waals surface area contributed by atoms with Crippen molar-refractivity contribution >= 4 is 21.6 Å². The topological polar surface area (TPSA) is 58.2 Å². The summed E-state index contributed by atoms with van der Waals surface area (Å²) in [6.07, 6.45) is 1.88. The van der Waals surface area contributed by atoms with E-state index in [1.807, 2.05) is 0 Å². The maximum absolute atomic E-state index is 12.0. The number of halogens is 1. The van der Waals surface area contributed by atoms with Crippen molar-refractivity contribution in [2.75, 3.05) is 13.1 Å². The standard InChI is InChI=1S/C12H17ClN2O2S/c13-12-6-2-1-4-10(12)9-18(16,17)15-11-5-3-7-14-8-11/h1-2,4,6,11,14-15H,3,5,7-9H2/t11-/m0/s1. The number of hydrogen-bond donors (Lipinski definition) is 2. The fourth-order valence-corrected chi connectivity index (χ4v) is 3.80. The molecule has 1 saturated heterocycles. The second-order valence-corrected chi connectivity index (χ2v) is 6.67. The summed E-state index contributed by atoms with van der Waals surface area (Å²) < 4.78 is 26.8. The van der Waals surface area contributed by atoms with E-state index in [4.69, 9.17) is 11.6 Å². The lowest BCUT2D eigenvalue weighted by Gasteiger charge is -2.23. The molecule has 0 unspecified atom stereocenters. The van der Waals surface area contributed by atoms with Crippen LogP contribution >= 0.6 is 11.6 Å². The van der Waals surface area contributed by atoms with Crippen molar-refractivity contribution in [3.8, 4) is 0 Å². The van der Waals surface area contributed by atoms with Gasteiger partial charge in [-0.25, -0.2) is 13.1 Å². The van der Waals surface area contributed by atoms with Crippen LogP contribution in [0, 0.1) is 0 Å². The van der Waals surface area contributed by atoms with Crippen LogP contribution in [-0.2, 0) is 15.8 Å². The summed E-state index contributed by atoms with van der Waals surface area (Å²) in [5.74, 6) is -0.0663. The Kier molecular flexibility index (Phi) is 4.61. The number of benzene rings is 1. The Morgan fingerprint density at radius 3 is 2.83 bits per heavy atom. The molecule has 1 atom stereocenters. The molecule has 1 aromatic carbocycles. The van der Waals surface area contributed by atoms with E-state index in [1.54, 1.807) is 24.3 Å². The van der Waals surface area contributed by atoms with E-state index in [2.05, 4.69) is 10.0 Å². The fraction of sp³-hybridized carbons (Fsp3) is 0.500. The fourth-order valence-electron chi connectivity index (χ4n) is 2.07. The maximum Gasteiger partial charge on any atom is 0.216 e. The van der Waals surface area contributed by atoms with Crippen LogP contribution < -0.4 is 10.0 Å². The smallest absolute Gasteiger partial charge is 0.216 e. The molecule has 0 amide bonds. The minimum atomic E-state index is -3.33. The van der Waals surface area contributed by atoms with Crippen molar-refractivity contribution in [1.82, 2.24) is 10.0 Å². The van der Waals surface area contributed by atoms with Crippen LogP contribution in [0.2, 0.25) is 5.02 Å². The third-order valence-electron chi connectivity index (χ3n) is 2.95. The molecule has 0 spiro atoms. The van der Waals surface area contributed by atoms with Crippen LogP contribution in [0.3, 0.4) is 0 Å². The van der Waals surface area contributed by atoms with Gasteiger partial charge in [0.15, 0.2) is 0 Å². The molecule has 1 aromatic rings. The van der Waals surface area contributed by atoms with Crippen molar-refractivity contribution < 1.29 is 8.42 Å². The minimum absolute atomic E-state index is 0.00811. The van der Waals surface area contributed by atoms with E-state index in [0.29, 0.717) is 17.1 Å². The summed E-state index contributed by atoms with van der Waals surface area (Å²) in [5, 5.41) is 3.67. The summed E-state index contributed by atoms with van der Waals surface area (Å²) in [4.78, 5) is 0. The summed E-state index contributed by atoms with van der Waals surface area (Å²) in [6.45, 7) is 1.66. The van der Waals surface area contributed by atoms with E-state index in [-0.39, 0.29) is 11.8 Å². The molecule has 0 saturated carbocycles. The molecule has 0 radical (unpaired) electrons. The first kappa shape index (κ1) is 13.8. The molecule has 4 nitrogen and oxygen atoms in total. The zero-order valence-electron chi connectivity index (χ0n) is 10.0. The van der Waals surface area contributed by atoms with Gasteiger partial charge in [-0.1, -0.05) is 29.8 Å². The average molecular weight is 289 g/mol. The first-order valence-electron chi connectivity index (χ1n) is 6.01.